The molecule has 1 aromatic rings. The van der Waals surface area contributed by atoms with Crippen LogP contribution in [0.25, 0.3) is 0 Å². The first-order chi connectivity index (χ1) is 11.2. The molecule has 6 heteroatoms. The van der Waals surface area contributed by atoms with Crippen LogP contribution < -0.4 is 5.73 Å². The molecule has 1 aliphatic rings. The van der Waals surface area contributed by atoms with Gasteiger partial charge in [-0.25, -0.2) is 9.18 Å². The average Bonchev–Trinajstić information content (AvgIpc) is 2.86. The Labute approximate surface area is 142 Å². The lowest BCUT2D eigenvalue weighted by Gasteiger charge is -2.24. The van der Waals surface area contributed by atoms with Crippen molar-refractivity contribution in [2.75, 3.05) is 13.1 Å². The third-order valence-electron chi connectivity index (χ3n) is 3.92. The lowest BCUT2D eigenvalue weighted by Crippen LogP contribution is -2.36. The highest BCUT2D eigenvalue weighted by Gasteiger charge is 2.35. The van der Waals surface area contributed by atoms with Crippen LogP contribution >= 0.6 is 0 Å². The Morgan fingerprint density at radius 3 is 2.71 bits per heavy atom. The number of amides is 1. The van der Waals surface area contributed by atoms with Gasteiger partial charge >= 0.3 is 6.09 Å². The number of nitrogens with zero attached hydrogens (tertiary/aromatic N) is 1. The number of hydrogen-bond acceptors (Lipinski definition) is 4. The van der Waals surface area contributed by atoms with Crippen LogP contribution in [0, 0.1) is 5.82 Å². The fourth-order valence-electron chi connectivity index (χ4n) is 2.64. The summed E-state index contributed by atoms with van der Waals surface area (Å²) in [4.78, 5) is 13.7. The van der Waals surface area contributed by atoms with E-state index in [2.05, 4.69) is 0 Å². The number of likely N-dealkylation sites (tertiary alicyclic amines) is 1. The Bertz CT molecular complexity index is 586. The Balaban J connectivity index is 1.91. The summed E-state index contributed by atoms with van der Waals surface area (Å²) in [5, 5.41) is 0. The number of aryl methyl sites for hydroxylation is 1. The molecule has 0 spiro atoms. The van der Waals surface area contributed by atoms with E-state index in [0.717, 1.165) is 5.56 Å². The summed E-state index contributed by atoms with van der Waals surface area (Å²) < 4.78 is 24.7. The number of benzene rings is 1. The van der Waals surface area contributed by atoms with Gasteiger partial charge in [0, 0.05) is 6.54 Å². The van der Waals surface area contributed by atoms with Crippen molar-refractivity contribution in [2.24, 2.45) is 5.73 Å². The maximum atomic E-state index is 13.5. The van der Waals surface area contributed by atoms with Crippen molar-refractivity contribution >= 4 is 6.09 Å². The van der Waals surface area contributed by atoms with Crippen molar-refractivity contribution in [2.45, 2.75) is 58.5 Å². The van der Waals surface area contributed by atoms with Crippen LogP contribution in [0.5, 0.6) is 0 Å². The van der Waals surface area contributed by atoms with Gasteiger partial charge in [0.2, 0.25) is 0 Å². The molecule has 1 heterocycles. The molecule has 0 bridgehead atoms. The Hall–Kier alpha value is -1.66. The first kappa shape index (κ1) is 18.7. The zero-order valence-corrected chi connectivity index (χ0v) is 14.8. The Morgan fingerprint density at radius 2 is 2.08 bits per heavy atom. The lowest BCUT2D eigenvalue weighted by molar-refractivity contribution is 0.0172. The van der Waals surface area contributed by atoms with Crippen LogP contribution in [-0.2, 0) is 22.5 Å². The van der Waals surface area contributed by atoms with Crippen molar-refractivity contribution in [3.05, 3.63) is 35.1 Å². The molecule has 1 aliphatic heterocycles. The van der Waals surface area contributed by atoms with E-state index in [4.69, 9.17) is 15.2 Å². The van der Waals surface area contributed by atoms with Gasteiger partial charge in [-0.1, -0.05) is 19.1 Å². The second-order valence-corrected chi connectivity index (χ2v) is 7.18. The summed E-state index contributed by atoms with van der Waals surface area (Å²) in [5.74, 6) is -0.199. The van der Waals surface area contributed by atoms with E-state index < -0.39 is 5.60 Å². The molecule has 1 saturated heterocycles. The molecular formula is C18H27FN2O3. The van der Waals surface area contributed by atoms with E-state index in [-0.39, 0.29) is 24.1 Å². The standard InChI is InChI=1S/C18H27FN2O3/c1-5-13-8-12(6-7-14(13)19)11-23-16-10-21(9-15(16)20)17(22)24-18(2,3)4/h6-8,15-16H,5,9-11,20H2,1-4H3/t15-,16-/m0/s1. The van der Waals surface area contributed by atoms with Crippen molar-refractivity contribution in [1.82, 2.24) is 4.90 Å². The minimum atomic E-state index is -0.537. The maximum Gasteiger partial charge on any atom is 0.410 e. The normalized spacial score (nSPS) is 21.2. The number of carbonyl (C=O) groups is 1. The molecule has 0 aromatic heterocycles. The summed E-state index contributed by atoms with van der Waals surface area (Å²) in [6.45, 7) is 8.54. The molecule has 2 N–H and O–H groups in total. The van der Waals surface area contributed by atoms with Crippen LogP contribution in [0.2, 0.25) is 0 Å². The van der Waals surface area contributed by atoms with E-state index >= 15 is 0 Å². The highest BCUT2D eigenvalue weighted by Crippen LogP contribution is 2.19. The summed E-state index contributed by atoms with van der Waals surface area (Å²) in [6, 6.07) is 4.71. The molecule has 134 valence electrons. The maximum absolute atomic E-state index is 13.5. The van der Waals surface area contributed by atoms with Gasteiger partial charge in [-0.15, -0.1) is 0 Å². The quantitative estimate of drug-likeness (QED) is 0.917. The van der Waals surface area contributed by atoms with Crippen LogP contribution in [0.1, 0.15) is 38.8 Å². The summed E-state index contributed by atoms with van der Waals surface area (Å²) >= 11 is 0. The average molecular weight is 338 g/mol. The van der Waals surface area contributed by atoms with Gasteiger partial charge < -0.3 is 20.1 Å². The largest absolute Gasteiger partial charge is 0.444 e. The highest BCUT2D eigenvalue weighted by molar-refractivity contribution is 5.68. The van der Waals surface area contributed by atoms with Crippen LogP contribution in [0.15, 0.2) is 18.2 Å². The van der Waals surface area contributed by atoms with E-state index in [1.54, 1.807) is 17.0 Å². The predicted molar refractivity (Wildman–Crippen MR) is 90.1 cm³/mol. The van der Waals surface area contributed by atoms with Crippen molar-refractivity contribution in [1.29, 1.82) is 0 Å². The monoisotopic (exact) mass is 338 g/mol. The van der Waals surface area contributed by atoms with Gasteiger partial charge in [0.1, 0.15) is 11.4 Å². The van der Waals surface area contributed by atoms with Gasteiger partial charge in [0.25, 0.3) is 0 Å². The highest BCUT2D eigenvalue weighted by atomic mass is 19.1. The summed E-state index contributed by atoms with van der Waals surface area (Å²) in [5.41, 5.74) is 7.11. The van der Waals surface area contributed by atoms with Crippen molar-refractivity contribution in [3.63, 3.8) is 0 Å². The molecule has 0 aliphatic carbocycles. The Morgan fingerprint density at radius 1 is 1.38 bits per heavy atom. The molecule has 1 amide bonds. The fourth-order valence-corrected chi connectivity index (χ4v) is 2.64. The smallest absolute Gasteiger partial charge is 0.410 e. The first-order valence-corrected chi connectivity index (χ1v) is 8.32. The molecule has 0 radical (unpaired) electrons. The molecule has 0 saturated carbocycles. The lowest BCUT2D eigenvalue weighted by atomic mass is 10.1. The zero-order valence-electron chi connectivity index (χ0n) is 14.8. The molecule has 1 aromatic carbocycles. The van der Waals surface area contributed by atoms with Gasteiger partial charge in [-0.2, -0.15) is 0 Å². The van der Waals surface area contributed by atoms with Gasteiger partial charge in [-0.05, 0) is 44.4 Å². The molecule has 5 nitrogen and oxygen atoms in total. The second kappa shape index (κ2) is 7.49. The van der Waals surface area contributed by atoms with Gasteiger partial charge in [0.15, 0.2) is 0 Å². The number of hydrogen-bond donors (Lipinski definition) is 1. The third-order valence-corrected chi connectivity index (χ3v) is 3.92. The molecular weight excluding hydrogens is 311 g/mol. The topological polar surface area (TPSA) is 64.8 Å². The van der Waals surface area contributed by atoms with Crippen LogP contribution in [0.3, 0.4) is 0 Å². The summed E-state index contributed by atoms with van der Waals surface area (Å²) in [7, 11) is 0. The van der Waals surface area contributed by atoms with Crippen LogP contribution in [-0.4, -0.2) is 41.8 Å². The van der Waals surface area contributed by atoms with Crippen LogP contribution in [0.4, 0.5) is 9.18 Å². The van der Waals surface area contributed by atoms with E-state index in [9.17, 15) is 9.18 Å². The molecule has 2 atom stereocenters. The first-order valence-electron chi connectivity index (χ1n) is 8.32. The molecule has 1 fully saturated rings. The van der Waals surface area contributed by atoms with Crippen molar-refractivity contribution < 1.29 is 18.7 Å². The number of ether oxygens (including phenoxy) is 2. The van der Waals surface area contributed by atoms with E-state index in [1.807, 2.05) is 27.7 Å². The SMILES string of the molecule is CCc1cc(CO[C@H]2CN(C(=O)OC(C)(C)C)C[C@@H]2N)ccc1F. The summed E-state index contributed by atoms with van der Waals surface area (Å²) in [6.07, 6.45) is 0.00133. The zero-order chi connectivity index (χ0) is 17.9. The molecule has 0 unspecified atom stereocenters. The fraction of sp³-hybridized carbons (Fsp3) is 0.611. The van der Waals surface area contributed by atoms with E-state index in [0.29, 0.717) is 31.7 Å². The van der Waals surface area contributed by atoms with E-state index in [1.165, 1.54) is 6.07 Å². The number of nitrogens with two attached hydrogens (primary N) is 1. The number of carbonyl (C=O) groups excluding carboxylic acids is 1. The molecule has 24 heavy (non-hydrogen) atoms. The minimum Gasteiger partial charge on any atom is -0.444 e. The molecule has 2 rings (SSSR count). The van der Waals surface area contributed by atoms with Crippen molar-refractivity contribution in [3.8, 4) is 0 Å². The number of rotatable bonds is 4. The van der Waals surface area contributed by atoms with Gasteiger partial charge in [-0.3, -0.25) is 0 Å². The third kappa shape index (κ3) is 4.92. The number of halogens is 1. The predicted octanol–water partition coefficient (Wildman–Crippen LogP) is 2.85. The van der Waals surface area contributed by atoms with Gasteiger partial charge in [0.05, 0.1) is 25.3 Å². The minimum absolute atomic E-state index is 0.199. The Kier molecular flexibility index (Phi) is 5.83. The second-order valence-electron chi connectivity index (χ2n) is 7.18.